The van der Waals surface area contributed by atoms with Crippen LogP contribution in [-0.4, -0.2) is 71.2 Å². The number of amides is 5. The molecular weight excluding hydrogens is 661 g/mol. The van der Waals surface area contributed by atoms with Gasteiger partial charge in [0.05, 0.1) is 11.6 Å². The van der Waals surface area contributed by atoms with E-state index in [0.29, 0.717) is 24.7 Å². The molecule has 3 rings (SSSR count). The lowest BCUT2D eigenvalue weighted by Crippen LogP contribution is -2.58. The summed E-state index contributed by atoms with van der Waals surface area (Å²) in [7, 11) is 0. The average Bonchev–Trinajstić information content (AvgIpc) is 3.45. The number of nitrogens with one attached hydrogen (secondary N) is 5. The number of carbonyl (C=O) groups excluding carboxylic acids is 6. The van der Waals surface area contributed by atoms with Crippen molar-refractivity contribution in [2.45, 2.75) is 90.3 Å². The third kappa shape index (κ3) is 12.5. The van der Waals surface area contributed by atoms with Crippen molar-refractivity contribution in [1.29, 1.82) is 0 Å². The van der Waals surface area contributed by atoms with Crippen LogP contribution < -0.4 is 26.6 Å². The van der Waals surface area contributed by atoms with Gasteiger partial charge in [0.15, 0.2) is 0 Å². The standard InChI is InChI=1S/C34H43F3N6O7/c1-19(2)14-26(30(46)41-25(15-22-12-13-38-29(22)45)28(44)32(48)40-20(3)4)42-31(47)27(16-24-11-10-23(17-39-24)34(35,36)37)43-33(49)50-18-21-8-6-5-7-9-21/h5-11,17,19-20,22,25-27H,12-16,18H2,1-4H3,(H,38,45)(H,40,48)(H,41,46)(H,42,47)(H,43,49)/t22-,25-,26-,27-/m0/s1. The Hall–Kier alpha value is -5.02. The Labute approximate surface area is 287 Å². The Bertz CT molecular complexity index is 1500. The minimum absolute atomic E-state index is 0.0306. The first-order chi connectivity index (χ1) is 23.5. The summed E-state index contributed by atoms with van der Waals surface area (Å²) >= 11 is 0. The number of nitrogens with zero attached hydrogens (tertiary/aromatic N) is 1. The number of aromatic nitrogens is 1. The largest absolute Gasteiger partial charge is 0.445 e. The lowest BCUT2D eigenvalue weighted by molar-refractivity contribution is -0.141. The van der Waals surface area contributed by atoms with E-state index in [0.717, 1.165) is 12.1 Å². The number of ketones is 1. The normalized spacial score (nSPS) is 16.2. The highest BCUT2D eigenvalue weighted by Gasteiger charge is 2.37. The zero-order valence-electron chi connectivity index (χ0n) is 28.3. The molecule has 1 aromatic heterocycles. The van der Waals surface area contributed by atoms with Gasteiger partial charge >= 0.3 is 12.3 Å². The second-order valence-electron chi connectivity index (χ2n) is 12.8. The van der Waals surface area contributed by atoms with Gasteiger partial charge in [-0.2, -0.15) is 13.2 Å². The van der Waals surface area contributed by atoms with E-state index < -0.39 is 65.4 Å². The Kier molecular flexibility index (Phi) is 14.3. The van der Waals surface area contributed by atoms with Gasteiger partial charge in [0.2, 0.25) is 23.5 Å². The number of rotatable bonds is 16. The van der Waals surface area contributed by atoms with Gasteiger partial charge in [0.25, 0.3) is 5.91 Å². The van der Waals surface area contributed by atoms with E-state index in [9.17, 15) is 41.9 Å². The van der Waals surface area contributed by atoms with Gasteiger partial charge in [-0.1, -0.05) is 44.2 Å². The number of alkyl halides is 3. The minimum atomic E-state index is -4.64. The molecule has 1 aromatic carbocycles. The van der Waals surface area contributed by atoms with Crippen LogP contribution in [0.1, 0.15) is 63.8 Å². The SMILES string of the molecule is CC(C)C[C@H](NC(=O)[C@H](Cc1ccc(C(F)(F)F)cn1)NC(=O)OCc1ccccc1)C(=O)N[C@@H](C[C@@H]1CCNC1=O)C(=O)C(=O)NC(C)C. The van der Waals surface area contributed by atoms with E-state index in [2.05, 4.69) is 31.6 Å². The molecule has 1 saturated heterocycles. The van der Waals surface area contributed by atoms with E-state index in [1.54, 1.807) is 58.0 Å². The predicted molar refractivity (Wildman–Crippen MR) is 174 cm³/mol. The summed E-state index contributed by atoms with van der Waals surface area (Å²) in [5.41, 5.74) is -0.321. The molecular formula is C34H43F3N6O7. The topological polar surface area (TPSA) is 185 Å². The number of benzene rings is 1. The van der Waals surface area contributed by atoms with E-state index in [1.165, 1.54) is 0 Å². The monoisotopic (exact) mass is 704 g/mol. The molecule has 0 radical (unpaired) electrons. The summed E-state index contributed by atoms with van der Waals surface area (Å²) < 4.78 is 44.6. The van der Waals surface area contributed by atoms with Crippen LogP contribution in [-0.2, 0) is 47.9 Å². The second kappa shape index (κ2) is 18.1. The van der Waals surface area contributed by atoms with Gasteiger partial charge < -0.3 is 31.3 Å². The fourth-order valence-corrected chi connectivity index (χ4v) is 5.16. The van der Waals surface area contributed by atoms with Crippen LogP contribution in [0.5, 0.6) is 0 Å². The van der Waals surface area contributed by atoms with E-state index in [1.807, 2.05) is 0 Å². The highest BCUT2D eigenvalue weighted by molar-refractivity contribution is 6.38. The van der Waals surface area contributed by atoms with Gasteiger partial charge in [-0.15, -0.1) is 0 Å². The molecule has 13 nitrogen and oxygen atoms in total. The smallest absolute Gasteiger partial charge is 0.417 e. The van der Waals surface area contributed by atoms with Crippen molar-refractivity contribution in [2.24, 2.45) is 11.8 Å². The number of hydrogen-bond acceptors (Lipinski definition) is 8. The first-order valence-electron chi connectivity index (χ1n) is 16.3. The van der Waals surface area contributed by atoms with Crippen LogP contribution in [0.2, 0.25) is 0 Å². The zero-order valence-corrected chi connectivity index (χ0v) is 28.3. The summed E-state index contributed by atoms with van der Waals surface area (Å²) in [6, 6.07) is 6.01. The van der Waals surface area contributed by atoms with Crippen LogP contribution in [0, 0.1) is 11.8 Å². The van der Waals surface area contributed by atoms with Crippen molar-refractivity contribution in [3.05, 3.63) is 65.5 Å². The van der Waals surface area contributed by atoms with E-state index >= 15 is 0 Å². The summed E-state index contributed by atoms with van der Waals surface area (Å²) in [4.78, 5) is 82.1. The zero-order chi connectivity index (χ0) is 37.0. The average molecular weight is 705 g/mol. The number of alkyl carbamates (subject to hydrolysis) is 1. The van der Waals surface area contributed by atoms with Crippen LogP contribution in [0.3, 0.4) is 0 Å². The molecule has 1 aliphatic heterocycles. The first kappa shape index (κ1) is 39.4. The first-order valence-corrected chi connectivity index (χ1v) is 16.3. The van der Waals surface area contributed by atoms with Gasteiger partial charge in [-0.25, -0.2) is 4.79 Å². The maximum atomic E-state index is 13.7. The highest BCUT2D eigenvalue weighted by Crippen LogP contribution is 2.28. The number of halogens is 3. The molecule has 0 spiro atoms. The molecule has 4 atom stereocenters. The number of ether oxygens (including phenoxy) is 1. The number of hydrogen-bond donors (Lipinski definition) is 5. The third-order valence-electron chi connectivity index (χ3n) is 7.69. The van der Waals surface area contributed by atoms with Crippen LogP contribution >= 0.6 is 0 Å². The quantitative estimate of drug-likeness (QED) is 0.165. The Balaban J connectivity index is 1.83. The molecule has 50 heavy (non-hydrogen) atoms. The van der Waals surface area contributed by atoms with Gasteiger partial charge in [0.1, 0.15) is 18.7 Å². The fraction of sp³-hybridized carbons (Fsp3) is 0.500. The van der Waals surface area contributed by atoms with Gasteiger partial charge in [-0.3, -0.25) is 29.0 Å². The lowest BCUT2D eigenvalue weighted by Gasteiger charge is -2.26. The fourth-order valence-electron chi connectivity index (χ4n) is 5.16. The van der Waals surface area contributed by atoms with E-state index in [4.69, 9.17) is 4.74 Å². The minimum Gasteiger partial charge on any atom is -0.445 e. The molecule has 272 valence electrons. The van der Waals surface area contributed by atoms with Crippen molar-refractivity contribution in [3.63, 3.8) is 0 Å². The second-order valence-corrected chi connectivity index (χ2v) is 12.8. The van der Waals surface area contributed by atoms with Gasteiger partial charge in [-0.05, 0) is 56.7 Å². The molecule has 2 aromatic rings. The molecule has 2 heterocycles. The highest BCUT2D eigenvalue weighted by atomic mass is 19.4. The predicted octanol–water partition coefficient (Wildman–Crippen LogP) is 2.57. The van der Waals surface area contributed by atoms with Crippen molar-refractivity contribution in [3.8, 4) is 0 Å². The Morgan fingerprint density at radius 3 is 2.12 bits per heavy atom. The summed E-state index contributed by atoms with van der Waals surface area (Å²) in [6.07, 6.45) is -5.12. The van der Waals surface area contributed by atoms with Crippen molar-refractivity contribution in [2.75, 3.05) is 6.54 Å². The molecule has 5 N–H and O–H groups in total. The molecule has 1 fully saturated rings. The van der Waals surface area contributed by atoms with Crippen LogP contribution in [0.4, 0.5) is 18.0 Å². The summed E-state index contributed by atoms with van der Waals surface area (Å²) in [5, 5.41) is 12.7. The van der Waals surface area contributed by atoms with Crippen molar-refractivity contribution in [1.82, 2.24) is 31.6 Å². The third-order valence-corrected chi connectivity index (χ3v) is 7.69. The molecule has 0 unspecified atom stereocenters. The van der Waals surface area contributed by atoms with Crippen LogP contribution in [0.15, 0.2) is 48.7 Å². The molecule has 16 heteroatoms. The van der Waals surface area contributed by atoms with Crippen molar-refractivity contribution < 1.29 is 46.7 Å². The van der Waals surface area contributed by atoms with E-state index in [-0.39, 0.29) is 49.4 Å². The lowest BCUT2D eigenvalue weighted by atomic mass is 9.94. The molecule has 1 aliphatic rings. The maximum absolute atomic E-state index is 13.7. The Morgan fingerprint density at radius 1 is 0.900 bits per heavy atom. The Morgan fingerprint density at radius 2 is 1.56 bits per heavy atom. The number of pyridine rings is 1. The molecule has 0 bridgehead atoms. The summed E-state index contributed by atoms with van der Waals surface area (Å²) in [5.74, 6) is -4.76. The van der Waals surface area contributed by atoms with Crippen molar-refractivity contribution >= 4 is 35.5 Å². The van der Waals surface area contributed by atoms with Gasteiger partial charge in [0, 0.05) is 36.8 Å². The number of carbonyl (C=O) groups is 6. The van der Waals surface area contributed by atoms with Crippen LogP contribution in [0.25, 0.3) is 0 Å². The molecule has 0 saturated carbocycles. The molecule has 0 aliphatic carbocycles. The number of Topliss-reactive ketones (excluding diaryl/α,β-unsaturated/α-hetero) is 1. The summed E-state index contributed by atoms with van der Waals surface area (Å²) in [6.45, 7) is 7.09. The molecule has 5 amide bonds. The maximum Gasteiger partial charge on any atom is 0.417 e.